The molecule has 0 radical (unpaired) electrons. The SMILES string of the molecule is C=CCNC(N)=NCc1cnc(C)[nH]c1=O. The monoisotopic (exact) mass is 221 g/mol. The first-order chi connectivity index (χ1) is 7.63. The van der Waals surface area contributed by atoms with Crippen molar-refractivity contribution in [2.24, 2.45) is 10.7 Å². The lowest BCUT2D eigenvalue weighted by Gasteiger charge is -2.01. The van der Waals surface area contributed by atoms with Crippen molar-refractivity contribution < 1.29 is 0 Å². The van der Waals surface area contributed by atoms with Crippen molar-refractivity contribution in [3.05, 3.63) is 40.6 Å². The van der Waals surface area contributed by atoms with Gasteiger partial charge >= 0.3 is 0 Å². The van der Waals surface area contributed by atoms with Crippen LogP contribution in [0, 0.1) is 6.92 Å². The van der Waals surface area contributed by atoms with Crippen LogP contribution in [0.3, 0.4) is 0 Å². The van der Waals surface area contributed by atoms with Gasteiger partial charge in [-0.25, -0.2) is 9.98 Å². The zero-order valence-electron chi connectivity index (χ0n) is 9.16. The zero-order chi connectivity index (χ0) is 12.0. The first-order valence-electron chi connectivity index (χ1n) is 4.83. The third-order valence-electron chi connectivity index (χ3n) is 1.85. The Kier molecular flexibility index (Phi) is 4.26. The average Bonchev–Trinajstić information content (AvgIpc) is 2.25. The Balaban J connectivity index is 2.67. The van der Waals surface area contributed by atoms with Crippen LogP contribution in [0.1, 0.15) is 11.4 Å². The van der Waals surface area contributed by atoms with Crippen LogP contribution >= 0.6 is 0 Å². The first-order valence-corrected chi connectivity index (χ1v) is 4.83. The maximum atomic E-state index is 11.4. The zero-order valence-corrected chi connectivity index (χ0v) is 9.16. The fraction of sp³-hybridized carbons (Fsp3) is 0.300. The average molecular weight is 221 g/mol. The largest absolute Gasteiger partial charge is 0.370 e. The van der Waals surface area contributed by atoms with Crippen LogP contribution in [0.2, 0.25) is 0 Å². The molecular weight excluding hydrogens is 206 g/mol. The highest BCUT2D eigenvalue weighted by molar-refractivity contribution is 5.77. The molecule has 86 valence electrons. The highest BCUT2D eigenvalue weighted by atomic mass is 16.1. The van der Waals surface area contributed by atoms with E-state index in [-0.39, 0.29) is 18.1 Å². The third-order valence-corrected chi connectivity index (χ3v) is 1.85. The Morgan fingerprint density at radius 1 is 1.81 bits per heavy atom. The van der Waals surface area contributed by atoms with Gasteiger partial charge in [0.1, 0.15) is 5.82 Å². The number of aromatic nitrogens is 2. The van der Waals surface area contributed by atoms with Crippen molar-refractivity contribution in [1.82, 2.24) is 15.3 Å². The predicted octanol–water partition coefficient (Wildman–Crippen LogP) is -0.331. The molecule has 1 rings (SSSR count). The Labute approximate surface area is 93.3 Å². The van der Waals surface area contributed by atoms with Gasteiger partial charge in [0.05, 0.1) is 12.1 Å². The van der Waals surface area contributed by atoms with Gasteiger partial charge in [-0.1, -0.05) is 6.08 Å². The molecule has 4 N–H and O–H groups in total. The molecule has 16 heavy (non-hydrogen) atoms. The van der Waals surface area contributed by atoms with Gasteiger partial charge < -0.3 is 16.0 Å². The number of hydrogen-bond donors (Lipinski definition) is 3. The molecule has 0 unspecified atom stereocenters. The summed E-state index contributed by atoms with van der Waals surface area (Å²) in [5.41, 5.74) is 5.84. The van der Waals surface area contributed by atoms with Crippen LogP contribution in [0.25, 0.3) is 0 Å². The highest BCUT2D eigenvalue weighted by Crippen LogP contribution is 1.91. The number of aromatic amines is 1. The fourth-order valence-electron chi connectivity index (χ4n) is 1.03. The van der Waals surface area contributed by atoms with Crippen LogP contribution in [0.5, 0.6) is 0 Å². The molecule has 6 heteroatoms. The van der Waals surface area contributed by atoms with Crippen molar-refractivity contribution in [2.75, 3.05) is 6.54 Å². The number of aryl methyl sites for hydroxylation is 1. The van der Waals surface area contributed by atoms with E-state index in [1.54, 1.807) is 13.0 Å². The minimum atomic E-state index is -0.187. The summed E-state index contributed by atoms with van der Waals surface area (Å²) in [6.07, 6.45) is 3.17. The summed E-state index contributed by atoms with van der Waals surface area (Å²) in [7, 11) is 0. The molecule has 1 aromatic heterocycles. The maximum absolute atomic E-state index is 11.4. The van der Waals surface area contributed by atoms with E-state index >= 15 is 0 Å². The van der Waals surface area contributed by atoms with Gasteiger partial charge in [-0.15, -0.1) is 6.58 Å². The Bertz CT molecular complexity index is 449. The van der Waals surface area contributed by atoms with Gasteiger partial charge in [0.15, 0.2) is 5.96 Å². The van der Waals surface area contributed by atoms with Crippen LogP contribution in [-0.2, 0) is 6.54 Å². The summed E-state index contributed by atoms with van der Waals surface area (Å²) in [5.74, 6) is 0.857. The molecular formula is C10H15N5O. The minimum absolute atomic E-state index is 0.187. The second kappa shape index (κ2) is 5.69. The lowest BCUT2D eigenvalue weighted by molar-refractivity contribution is 0.916. The molecule has 6 nitrogen and oxygen atoms in total. The number of nitrogens with zero attached hydrogens (tertiary/aromatic N) is 2. The summed E-state index contributed by atoms with van der Waals surface area (Å²) in [6, 6.07) is 0. The molecule has 0 amide bonds. The smallest absolute Gasteiger partial charge is 0.255 e. The Morgan fingerprint density at radius 2 is 2.56 bits per heavy atom. The molecule has 0 spiro atoms. The number of H-pyrrole nitrogens is 1. The number of hydrogen-bond acceptors (Lipinski definition) is 3. The second-order valence-corrected chi connectivity index (χ2v) is 3.19. The first kappa shape index (κ1) is 12.0. The van der Waals surface area contributed by atoms with Crippen LogP contribution in [0.4, 0.5) is 0 Å². The van der Waals surface area contributed by atoms with E-state index in [2.05, 4.69) is 26.9 Å². The molecule has 0 atom stereocenters. The molecule has 0 aliphatic heterocycles. The summed E-state index contributed by atoms with van der Waals surface area (Å²) < 4.78 is 0. The molecule has 0 saturated heterocycles. The molecule has 0 aromatic carbocycles. The second-order valence-electron chi connectivity index (χ2n) is 3.19. The molecule has 0 saturated carbocycles. The molecule has 0 aliphatic carbocycles. The normalized spacial score (nSPS) is 11.2. The molecule has 0 bridgehead atoms. The van der Waals surface area contributed by atoms with Gasteiger partial charge in [0.25, 0.3) is 5.56 Å². The van der Waals surface area contributed by atoms with Crippen molar-refractivity contribution >= 4 is 5.96 Å². The van der Waals surface area contributed by atoms with Gasteiger partial charge in [-0.3, -0.25) is 4.79 Å². The summed E-state index contributed by atoms with van der Waals surface area (Å²) >= 11 is 0. The van der Waals surface area contributed by atoms with E-state index in [0.29, 0.717) is 17.9 Å². The maximum Gasteiger partial charge on any atom is 0.255 e. The highest BCUT2D eigenvalue weighted by Gasteiger charge is 1.99. The van der Waals surface area contributed by atoms with Crippen molar-refractivity contribution in [3.63, 3.8) is 0 Å². The lowest BCUT2D eigenvalue weighted by atomic mass is 10.3. The van der Waals surface area contributed by atoms with Gasteiger partial charge in [0, 0.05) is 12.7 Å². The third kappa shape index (κ3) is 3.56. The van der Waals surface area contributed by atoms with Crippen molar-refractivity contribution in [2.45, 2.75) is 13.5 Å². The number of rotatable bonds is 4. The molecule has 1 heterocycles. The molecule has 0 aliphatic rings. The van der Waals surface area contributed by atoms with Crippen molar-refractivity contribution in [1.29, 1.82) is 0 Å². The van der Waals surface area contributed by atoms with Crippen LogP contribution in [0.15, 0.2) is 28.6 Å². The number of nitrogens with one attached hydrogen (secondary N) is 2. The van der Waals surface area contributed by atoms with Crippen LogP contribution < -0.4 is 16.6 Å². The van der Waals surface area contributed by atoms with E-state index in [1.165, 1.54) is 6.20 Å². The Hall–Kier alpha value is -2.11. The quantitative estimate of drug-likeness (QED) is 0.368. The minimum Gasteiger partial charge on any atom is -0.370 e. The lowest BCUT2D eigenvalue weighted by Crippen LogP contribution is -2.31. The van der Waals surface area contributed by atoms with Gasteiger partial charge in [0.2, 0.25) is 0 Å². The van der Waals surface area contributed by atoms with Gasteiger partial charge in [-0.05, 0) is 6.92 Å². The van der Waals surface area contributed by atoms with E-state index in [1.807, 2.05) is 0 Å². The van der Waals surface area contributed by atoms with Crippen molar-refractivity contribution in [3.8, 4) is 0 Å². The predicted molar refractivity (Wildman–Crippen MR) is 63.1 cm³/mol. The van der Waals surface area contributed by atoms with Gasteiger partial charge in [-0.2, -0.15) is 0 Å². The van der Waals surface area contributed by atoms with E-state index in [0.717, 1.165) is 0 Å². The van der Waals surface area contributed by atoms with Crippen LogP contribution in [-0.4, -0.2) is 22.5 Å². The topological polar surface area (TPSA) is 96.2 Å². The number of guanidine groups is 1. The van der Waals surface area contributed by atoms with E-state index < -0.39 is 0 Å². The summed E-state index contributed by atoms with van der Waals surface area (Å²) in [4.78, 5) is 22.0. The molecule has 1 aromatic rings. The van der Waals surface area contributed by atoms with E-state index in [4.69, 9.17) is 5.73 Å². The number of aliphatic imine (C=N–C) groups is 1. The summed E-state index contributed by atoms with van der Waals surface area (Å²) in [6.45, 7) is 6.00. The van der Waals surface area contributed by atoms with E-state index in [9.17, 15) is 4.79 Å². The number of nitrogens with two attached hydrogens (primary N) is 1. The summed E-state index contributed by atoms with van der Waals surface area (Å²) in [5, 5.41) is 2.81. The fourth-order valence-corrected chi connectivity index (χ4v) is 1.03. The Morgan fingerprint density at radius 3 is 3.19 bits per heavy atom. The molecule has 0 fully saturated rings. The standard InChI is InChI=1S/C10H15N5O/c1-3-4-12-10(11)14-6-8-5-13-7(2)15-9(8)16/h3,5H,1,4,6H2,2H3,(H3,11,12,14)(H,13,15,16).